The standard InChI is InChI=1S/C26H26N2O/c1-18-12-14-20(15-13-18)16-19(2)28-25(21-8-4-3-5-9-21)26(29)23-17-27-24-11-7-6-10-22(23)24/h3-15,17,19,25,27-28H,16H2,1-2H3/t19-,25-/m1/s1. The van der Waals surface area contributed by atoms with Gasteiger partial charge in [0, 0.05) is 28.7 Å². The van der Waals surface area contributed by atoms with Crippen molar-refractivity contribution in [2.45, 2.75) is 32.4 Å². The zero-order valence-corrected chi connectivity index (χ0v) is 16.9. The summed E-state index contributed by atoms with van der Waals surface area (Å²) in [6.07, 6.45) is 2.69. The second-order valence-corrected chi connectivity index (χ2v) is 7.71. The average Bonchev–Trinajstić information content (AvgIpc) is 3.18. The quantitative estimate of drug-likeness (QED) is 0.407. The van der Waals surface area contributed by atoms with Gasteiger partial charge in [-0.15, -0.1) is 0 Å². The number of aromatic nitrogens is 1. The second kappa shape index (κ2) is 8.46. The van der Waals surface area contributed by atoms with Crippen LogP contribution in [0.3, 0.4) is 0 Å². The fourth-order valence-corrected chi connectivity index (χ4v) is 3.82. The maximum atomic E-state index is 13.6. The normalized spacial score (nSPS) is 13.3. The van der Waals surface area contributed by atoms with Crippen molar-refractivity contribution in [2.24, 2.45) is 0 Å². The van der Waals surface area contributed by atoms with Gasteiger partial charge in [-0.1, -0.05) is 78.4 Å². The number of carbonyl (C=O) groups is 1. The number of ketones is 1. The van der Waals surface area contributed by atoms with Crippen LogP contribution >= 0.6 is 0 Å². The minimum Gasteiger partial charge on any atom is -0.360 e. The van der Waals surface area contributed by atoms with E-state index in [1.54, 1.807) is 0 Å². The molecule has 0 unspecified atom stereocenters. The summed E-state index contributed by atoms with van der Waals surface area (Å²) in [4.78, 5) is 16.8. The Hall–Kier alpha value is -3.17. The van der Waals surface area contributed by atoms with Crippen molar-refractivity contribution < 1.29 is 4.79 Å². The molecule has 4 rings (SSSR count). The first-order chi connectivity index (χ1) is 14.1. The van der Waals surface area contributed by atoms with Gasteiger partial charge in [-0.3, -0.25) is 4.79 Å². The maximum Gasteiger partial charge on any atom is 0.186 e. The molecule has 0 saturated heterocycles. The highest BCUT2D eigenvalue weighted by molar-refractivity contribution is 6.10. The van der Waals surface area contributed by atoms with Crippen LogP contribution in [0.4, 0.5) is 0 Å². The third-order valence-corrected chi connectivity index (χ3v) is 5.36. The Morgan fingerprint density at radius 1 is 0.931 bits per heavy atom. The fourth-order valence-electron chi connectivity index (χ4n) is 3.82. The molecule has 29 heavy (non-hydrogen) atoms. The lowest BCUT2D eigenvalue weighted by Gasteiger charge is -2.23. The first-order valence-corrected chi connectivity index (χ1v) is 10.1. The van der Waals surface area contributed by atoms with E-state index in [1.807, 2.05) is 60.8 Å². The summed E-state index contributed by atoms with van der Waals surface area (Å²) >= 11 is 0. The number of hydrogen-bond acceptors (Lipinski definition) is 2. The Balaban J connectivity index is 1.61. The van der Waals surface area contributed by atoms with Crippen LogP contribution in [-0.2, 0) is 6.42 Å². The van der Waals surface area contributed by atoms with Crippen LogP contribution in [0.25, 0.3) is 10.9 Å². The van der Waals surface area contributed by atoms with Crippen LogP contribution in [0.5, 0.6) is 0 Å². The molecule has 0 radical (unpaired) electrons. The monoisotopic (exact) mass is 382 g/mol. The molecule has 0 fully saturated rings. The number of carbonyl (C=O) groups excluding carboxylic acids is 1. The zero-order valence-electron chi connectivity index (χ0n) is 16.9. The smallest absolute Gasteiger partial charge is 0.186 e. The Bertz CT molecular complexity index is 1100. The minimum absolute atomic E-state index is 0.0874. The lowest BCUT2D eigenvalue weighted by Crippen LogP contribution is -2.36. The number of Topliss-reactive ketones (excluding diaryl/α,β-unsaturated/α-hetero) is 1. The van der Waals surface area contributed by atoms with E-state index < -0.39 is 6.04 Å². The predicted molar refractivity (Wildman–Crippen MR) is 119 cm³/mol. The van der Waals surface area contributed by atoms with E-state index >= 15 is 0 Å². The van der Waals surface area contributed by atoms with Gasteiger partial charge < -0.3 is 10.3 Å². The van der Waals surface area contributed by atoms with Gasteiger partial charge in [-0.05, 0) is 37.5 Å². The first-order valence-electron chi connectivity index (χ1n) is 10.1. The van der Waals surface area contributed by atoms with Gasteiger partial charge in [-0.2, -0.15) is 0 Å². The largest absolute Gasteiger partial charge is 0.360 e. The Morgan fingerprint density at radius 2 is 1.62 bits per heavy atom. The van der Waals surface area contributed by atoms with Crippen molar-refractivity contribution in [3.8, 4) is 0 Å². The van der Waals surface area contributed by atoms with Gasteiger partial charge in [0.15, 0.2) is 5.78 Å². The van der Waals surface area contributed by atoms with Crippen molar-refractivity contribution >= 4 is 16.7 Å². The molecular weight excluding hydrogens is 356 g/mol. The summed E-state index contributed by atoms with van der Waals surface area (Å²) in [5, 5.41) is 4.55. The third kappa shape index (κ3) is 4.30. The van der Waals surface area contributed by atoms with Gasteiger partial charge >= 0.3 is 0 Å². The van der Waals surface area contributed by atoms with E-state index in [9.17, 15) is 4.79 Å². The van der Waals surface area contributed by atoms with Gasteiger partial charge in [0.2, 0.25) is 0 Å². The van der Waals surface area contributed by atoms with Crippen LogP contribution in [0, 0.1) is 6.92 Å². The summed E-state index contributed by atoms with van der Waals surface area (Å²) < 4.78 is 0. The predicted octanol–water partition coefficient (Wildman–Crippen LogP) is 5.62. The molecule has 0 aliphatic carbocycles. The summed E-state index contributed by atoms with van der Waals surface area (Å²) in [6.45, 7) is 4.23. The number of nitrogens with one attached hydrogen (secondary N) is 2. The van der Waals surface area contributed by atoms with Gasteiger partial charge in [0.1, 0.15) is 0 Å². The van der Waals surface area contributed by atoms with Crippen molar-refractivity contribution in [1.82, 2.24) is 10.3 Å². The molecule has 0 aliphatic heterocycles. The third-order valence-electron chi connectivity index (χ3n) is 5.36. The lowest BCUT2D eigenvalue weighted by molar-refractivity contribution is 0.0938. The first kappa shape index (κ1) is 19.2. The van der Waals surface area contributed by atoms with Gasteiger partial charge in [-0.25, -0.2) is 0 Å². The van der Waals surface area contributed by atoms with Crippen molar-refractivity contribution in [3.63, 3.8) is 0 Å². The number of rotatable bonds is 7. The summed E-state index contributed by atoms with van der Waals surface area (Å²) in [7, 11) is 0. The molecule has 4 aromatic rings. The second-order valence-electron chi connectivity index (χ2n) is 7.71. The van der Waals surface area contributed by atoms with Gasteiger partial charge in [0.05, 0.1) is 6.04 Å². The van der Waals surface area contributed by atoms with E-state index in [2.05, 4.69) is 48.4 Å². The van der Waals surface area contributed by atoms with Crippen LogP contribution in [0.1, 0.15) is 40.0 Å². The summed E-state index contributed by atoms with van der Waals surface area (Å²) in [5.41, 5.74) is 5.21. The number of H-pyrrole nitrogens is 1. The molecule has 0 saturated carbocycles. The minimum atomic E-state index is -0.393. The number of aryl methyl sites for hydroxylation is 1. The topological polar surface area (TPSA) is 44.9 Å². The Kier molecular flexibility index (Phi) is 5.59. The molecule has 0 amide bonds. The molecule has 3 heteroatoms. The molecule has 2 N–H and O–H groups in total. The van der Waals surface area contributed by atoms with Crippen molar-refractivity contribution in [2.75, 3.05) is 0 Å². The molecule has 3 aromatic carbocycles. The van der Waals surface area contributed by atoms with Crippen molar-refractivity contribution in [1.29, 1.82) is 0 Å². The van der Waals surface area contributed by atoms with E-state index in [0.717, 1.165) is 28.5 Å². The fraction of sp³-hybridized carbons (Fsp3) is 0.192. The highest BCUT2D eigenvalue weighted by Gasteiger charge is 2.25. The van der Waals surface area contributed by atoms with E-state index in [4.69, 9.17) is 0 Å². The van der Waals surface area contributed by atoms with Crippen molar-refractivity contribution in [3.05, 3.63) is 107 Å². The zero-order chi connectivity index (χ0) is 20.2. The van der Waals surface area contributed by atoms with E-state index in [1.165, 1.54) is 11.1 Å². The molecule has 2 atom stereocenters. The maximum absolute atomic E-state index is 13.6. The van der Waals surface area contributed by atoms with Crippen LogP contribution < -0.4 is 5.32 Å². The van der Waals surface area contributed by atoms with Crippen LogP contribution in [-0.4, -0.2) is 16.8 Å². The number of fused-ring (bicyclic) bond motifs is 1. The molecule has 1 heterocycles. The summed E-state index contributed by atoms with van der Waals surface area (Å²) in [6, 6.07) is 26.3. The molecule has 0 bridgehead atoms. The average molecular weight is 383 g/mol. The highest BCUT2D eigenvalue weighted by atomic mass is 16.1. The lowest BCUT2D eigenvalue weighted by atomic mass is 9.95. The number of benzene rings is 3. The van der Waals surface area contributed by atoms with Crippen LogP contribution in [0.15, 0.2) is 85.1 Å². The van der Waals surface area contributed by atoms with Gasteiger partial charge in [0.25, 0.3) is 0 Å². The van der Waals surface area contributed by atoms with E-state index in [0.29, 0.717) is 0 Å². The number of para-hydroxylation sites is 1. The SMILES string of the molecule is Cc1ccc(C[C@@H](C)N[C@@H](C(=O)c2c[nH]c3ccccc23)c2ccccc2)cc1. The Morgan fingerprint density at radius 3 is 2.38 bits per heavy atom. The van der Waals surface area contributed by atoms with Crippen LogP contribution in [0.2, 0.25) is 0 Å². The Labute approximate surface area is 171 Å². The molecular formula is C26H26N2O. The number of hydrogen-bond donors (Lipinski definition) is 2. The number of aromatic amines is 1. The molecule has 146 valence electrons. The molecule has 0 aliphatic rings. The highest BCUT2D eigenvalue weighted by Crippen LogP contribution is 2.25. The molecule has 0 spiro atoms. The van der Waals surface area contributed by atoms with E-state index in [-0.39, 0.29) is 11.8 Å². The molecule has 1 aromatic heterocycles. The molecule has 3 nitrogen and oxygen atoms in total. The summed E-state index contributed by atoms with van der Waals surface area (Å²) in [5.74, 6) is 0.0874.